The van der Waals surface area contributed by atoms with E-state index in [0.29, 0.717) is 31.3 Å². The molecule has 26 heavy (non-hydrogen) atoms. The first-order valence-corrected chi connectivity index (χ1v) is 8.65. The van der Waals surface area contributed by atoms with E-state index in [1.54, 1.807) is 25.5 Å². The Balaban J connectivity index is 1.52. The Morgan fingerprint density at radius 1 is 1.23 bits per heavy atom. The van der Waals surface area contributed by atoms with Crippen molar-refractivity contribution in [2.75, 3.05) is 46.6 Å². The molecule has 1 aromatic heterocycles. The first-order valence-electron chi connectivity index (χ1n) is 8.65. The van der Waals surface area contributed by atoms with E-state index in [1.165, 1.54) is 0 Å². The van der Waals surface area contributed by atoms with Crippen molar-refractivity contribution in [1.82, 2.24) is 10.2 Å². The van der Waals surface area contributed by atoms with E-state index < -0.39 is 0 Å². The van der Waals surface area contributed by atoms with E-state index in [9.17, 15) is 4.79 Å². The standard InChI is InChI=1S/C19H24N2O5/c1-23-15-4-2-5-16(12-15)26-14-19(22)20-13-17(18-6-3-9-25-18)21-7-10-24-11-8-21/h2-6,9,12,17H,7-8,10-11,13-14H2,1H3,(H,20,22). The van der Waals surface area contributed by atoms with Crippen molar-refractivity contribution >= 4 is 5.91 Å². The number of carbonyl (C=O) groups is 1. The number of hydrogen-bond acceptors (Lipinski definition) is 6. The van der Waals surface area contributed by atoms with Gasteiger partial charge in [0, 0.05) is 25.7 Å². The van der Waals surface area contributed by atoms with Crippen LogP contribution in [0.15, 0.2) is 47.1 Å². The van der Waals surface area contributed by atoms with Crippen LogP contribution in [0.1, 0.15) is 11.8 Å². The van der Waals surface area contributed by atoms with Crippen molar-refractivity contribution in [3.63, 3.8) is 0 Å². The summed E-state index contributed by atoms with van der Waals surface area (Å²) in [7, 11) is 1.59. The fourth-order valence-corrected chi connectivity index (χ4v) is 2.88. The van der Waals surface area contributed by atoms with Gasteiger partial charge in [-0.2, -0.15) is 0 Å². The Morgan fingerprint density at radius 2 is 2.04 bits per heavy atom. The fourth-order valence-electron chi connectivity index (χ4n) is 2.88. The highest BCUT2D eigenvalue weighted by atomic mass is 16.5. The van der Waals surface area contributed by atoms with Gasteiger partial charge in [-0.25, -0.2) is 0 Å². The maximum Gasteiger partial charge on any atom is 0.258 e. The molecule has 7 heteroatoms. The van der Waals surface area contributed by atoms with Crippen molar-refractivity contribution in [3.8, 4) is 11.5 Å². The molecule has 0 saturated carbocycles. The van der Waals surface area contributed by atoms with E-state index in [4.69, 9.17) is 18.6 Å². The van der Waals surface area contributed by atoms with Gasteiger partial charge in [0.1, 0.15) is 17.3 Å². The summed E-state index contributed by atoms with van der Waals surface area (Å²) in [6, 6.07) is 10.9. The number of nitrogens with one attached hydrogen (secondary N) is 1. The van der Waals surface area contributed by atoms with Crippen LogP contribution in [0.5, 0.6) is 11.5 Å². The number of furan rings is 1. The van der Waals surface area contributed by atoms with Crippen molar-refractivity contribution in [1.29, 1.82) is 0 Å². The Hall–Kier alpha value is -2.51. The molecule has 1 aromatic carbocycles. The SMILES string of the molecule is COc1cccc(OCC(=O)NCC(c2ccco2)N2CCOCC2)c1. The summed E-state index contributed by atoms with van der Waals surface area (Å²) < 4.78 is 21.6. The van der Waals surface area contributed by atoms with Gasteiger partial charge in [0.15, 0.2) is 6.61 Å². The molecule has 7 nitrogen and oxygen atoms in total. The van der Waals surface area contributed by atoms with Crippen LogP contribution in [-0.2, 0) is 9.53 Å². The molecule has 1 aliphatic rings. The number of methoxy groups -OCH3 is 1. The molecule has 0 spiro atoms. The molecule has 1 N–H and O–H groups in total. The number of carbonyl (C=O) groups excluding carboxylic acids is 1. The first kappa shape index (κ1) is 18.3. The van der Waals surface area contributed by atoms with Crippen LogP contribution in [0.25, 0.3) is 0 Å². The Kier molecular flexibility index (Phi) is 6.51. The van der Waals surface area contributed by atoms with Gasteiger partial charge in [-0.1, -0.05) is 6.07 Å². The van der Waals surface area contributed by atoms with E-state index in [2.05, 4.69) is 10.2 Å². The molecule has 0 aliphatic carbocycles. The summed E-state index contributed by atoms with van der Waals surface area (Å²) in [6.07, 6.45) is 1.65. The van der Waals surface area contributed by atoms with Crippen LogP contribution in [0.4, 0.5) is 0 Å². The zero-order chi connectivity index (χ0) is 18.2. The highest BCUT2D eigenvalue weighted by molar-refractivity contribution is 5.77. The number of hydrogen-bond donors (Lipinski definition) is 1. The van der Waals surface area contributed by atoms with Crippen LogP contribution in [0.2, 0.25) is 0 Å². The molecular formula is C19H24N2O5. The van der Waals surface area contributed by atoms with Crippen molar-refractivity contribution in [3.05, 3.63) is 48.4 Å². The van der Waals surface area contributed by atoms with Crippen LogP contribution >= 0.6 is 0 Å². The summed E-state index contributed by atoms with van der Waals surface area (Å²) in [4.78, 5) is 14.4. The second kappa shape index (κ2) is 9.26. The van der Waals surface area contributed by atoms with Crippen LogP contribution in [0.3, 0.4) is 0 Å². The molecule has 1 amide bonds. The van der Waals surface area contributed by atoms with Gasteiger partial charge in [0.25, 0.3) is 5.91 Å². The van der Waals surface area contributed by atoms with E-state index in [0.717, 1.165) is 18.8 Å². The zero-order valence-corrected chi connectivity index (χ0v) is 14.8. The molecule has 140 valence electrons. The van der Waals surface area contributed by atoms with Crippen LogP contribution in [0, 0.1) is 0 Å². The van der Waals surface area contributed by atoms with E-state index in [1.807, 2.05) is 24.3 Å². The summed E-state index contributed by atoms with van der Waals surface area (Å²) in [5.74, 6) is 1.93. The number of amides is 1. The maximum atomic E-state index is 12.2. The predicted molar refractivity (Wildman–Crippen MR) is 95.3 cm³/mol. The number of benzene rings is 1. The minimum absolute atomic E-state index is 0.0188. The number of ether oxygens (including phenoxy) is 3. The third-order valence-electron chi connectivity index (χ3n) is 4.26. The fraction of sp³-hybridized carbons (Fsp3) is 0.421. The van der Waals surface area contributed by atoms with Gasteiger partial charge >= 0.3 is 0 Å². The Bertz CT molecular complexity index is 683. The Labute approximate surface area is 152 Å². The number of rotatable bonds is 8. The predicted octanol–water partition coefficient (Wildman–Crippen LogP) is 1.86. The molecular weight excluding hydrogens is 336 g/mol. The minimum Gasteiger partial charge on any atom is -0.497 e. The Morgan fingerprint density at radius 3 is 2.77 bits per heavy atom. The average Bonchev–Trinajstić information content (AvgIpc) is 3.22. The topological polar surface area (TPSA) is 73.2 Å². The molecule has 1 fully saturated rings. The number of nitrogens with zero attached hydrogens (tertiary/aromatic N) is 1. The molecule has 2 heterocycles. The molecule has 1 unspecified atom stereocenters. The second-order valence-corrected chi connectivity index (χ2v) is 5.95. The molecule has 3 rings (SSSR count). The second-order valence-electron chi connectivity index (χ2n) is 5.95. The highest BCUT2D eigenvalue weighted by Crippen LogP contribution is 2.22. The van der Waals surface area contributed by atoms with Gasteiger partial charge < -0.3 is 23.9 Å². The monoisotopic (exact) mass is 360 g/mol. The first-order chi connectivity index (χ1) is 12.8. The smallest absolute Gasteiger partial charge is 0.258 e. The van der Waals surface area contributed by atoms with Crippen molar-refractivity contribution in [2.45, 2.75) is 6.04 Å². The highest BCUT2D eigenvalue weighted by Gasteiger charge is 2.25. The molecule has 1 saturated heterocycles. The lowest BCUT2D eigenvalue weighted by Gasteiger charge is -2.33. The summed E-state index contributed by atoms with van der Waals surface area (Å²) >= 11 is 0. The molecule has 2 aromatic rings. The van der Waals surface area contributed by atoms with Crippen LogP contribution in [-0.4, -0.2) is 57.4 Å². The van der Waals surface area contributed by atoms with Gasteiger partial charge in [-0.3, -0.25) is 9.69 Å². The molecule has 0 bridgehead atoms. The van der Waals surface area contributed by atoms with E-state index >= 15 is 0 Å². The summed E-state index contributed by atoms with van der Waals surface area (Å²) in [5, 5.41) is 2.93. The van der Waals surface area contributed by atoms with Crippen molar-refractivity contribution < 1.29 is 23.4 Å². The normalized spacial score (nSPS) is 16.0. The van der Waals surface area contributed by atoms with Gasteiger partial charge in [0.2, 0.25) is 0 Å². The maximum absolute atomic E-state index is 12.2. The number of morpholine rings is 1. The van der Waals surface area contributed by atoms with Gasteiger partial charge in [-0.05, 0) is 24.3 Å². The lowest BCUT2D eigenvalue weighted by Crippen LogP contribution is -2.44. The van der Waals surface area contributed by atoms with E-state index in [-0.39, 0.29) is 18.6 Å². The summed E-state index contributed by atoms with van der Waals surface area (Å²) in [5.41, 5.74) is 0. The average molecular weight is 360 g/mol. The van der Waals surface area contributed by atoms with Gasteiger partial charge in [-0.15, -0.1) is 0 Å². The van der Waals surface area contributed by atoms with Crippen LogP contribution < -0.4 is 14.8 Å². The minimum atomic E-state index is -0.183. The molecule has 0 radical (unpaired) electrons. The quantitative estimate of drug-likeness (QED) is 0.775. The lowest BCUT2D eigenvalue weighted by molar-refractivity contribution is -0.123. The molecule has 1 aliphatic heterocycles. The summed E-state index contributed by atoms with van der Waals surface area (Å²) in [6.45, 7) is 3.38. The molecule has 1 atom stereocenters. The third kappa shape index (κ3) is 5.00. The largest absolute Gasteiger partial charge is 0.497 e. The van der Waals surface area contributed by atoms with Gasteiger partial charge in [0.05, 0.1) is 32.6 Å². The van der Waals surface area contributed by atoms with Crippen molar-refractivity contribution in [2.24, 2.45) is 0 Å². The third-order valence-corrected chi connectivity index (χ3v) is 4.26. The lowest BCUT2D eigenvalue weighted by atomic mass is 10.1. The zero-order valence-electron chi connectivity index (χ0n) is 14.8.